The predicted molar refractivity (Wildman–Crippen MR) is 115 cm³/mol. The van der Waals surface area contributed by atoms with Gasteiger partial charge in [-0.05, 0) is 54.1 Å². The second-order valence-electron chi connectivity index (χ2n) is 11.7. The molecule has 5 heteroatoms. The minimum atomic E-state index is -1.83. The van der Waals surface area contributed by atoms with Gasteiger partial charge in [-0.3, -0.25) is 4.79 Å². The smallest absolute Gasteiger partial charge is 0.192 e. The molecule has 1 heterocycles. The first-order valence-electron chi connectivity index (χ1n) is 11.2. The fourth-order valence-electron chi connectivity index (χ4n) is 5.89. The molecule has 3 rings (SSSR count). The molecule has 2 aliphatic carbocycles. The van der Waals surface area contributed by atoms with Crippen LogP contribution in [0.4, 0.5) is 0 Å². The van der Waals surface area contributed by atoms with E-state index in [0.29, 0.717) is 31.3 Å². The highest BCUT2D eigenvalue weighted by Crippen LogP contribution is 2.61. The molecule has 3 fully saturated rings. The summed E-state index contributed by atoms with van der Waals surface area (Å²) in [5.41, 5.74) is 0.0836. The van der Waals surface area contributed by atoms with Crippen molar-refractivity contribution in [1.29, 1.82) is 0 Å². The van der Waals surface area contributed by atoms with E-state index in [-0.39, 0.29) is 34.2 Å². The molecule has 0 amide bonds. The number of hydrogen-bond donors (Lipinski definition) is 0. The number of hydrogen-bond acceptors (Lipinski definition) is 4. The fourth-order valence-corrected chi connectivity index (χ4v) is 7.38. The molecule has 28 heavy (non-hydrogen) atoms. The van der Waals surface area contributed by atoms with Gasteiger partial charge in [-0.1, -0.05) is 41.5 Å². The third-order valence-electron chi connectivity index (χ3n) is 8.70. The van der Waals surface area contributed by atoms with Gasteiger partial charge in [0.15, 0.2) is 14.6 Å². The molecule has 162 valence electrons. The van der Waals surface area contributed by atoms with Gasteiger partial charge in [0.2, 0.25) is 0 Å². The molecule has 0 bridgehead atoms. The van der Waals surface area contributed by atoms with E-state index in [0.717, 1.165) is 25.7 Å². The number of carbonyl (C=O) groups excluding carboxylic acids is 1. The molecular formula is C23H42O4Si. The van der Waals surface area contributed by atoms with Crippen LogP contribution in [-0.2, 0) is 18.7 Å². The van der Waals surface area contributed by atoms with Gasteiger partial charge in [-0.15, -0.1) is 0 Å². The highest BCUT2D eigenvalue weighted by molar-refractivity contribution is 6.74. The van der Waals surface area contributed by atoms with Crippen molar-refractivity contribution in [3.8, 4) is 0 Å². The number of fused-ring (bicyclic) bond motifs is 1. The molecule has 4 atom stereocenters. The van der Waals surface area contributed by atoms with Crippen LogP contribution in [0.2, 0.25) is 18.1 Å². The van der Waals surface area contributed by atoms with Gasteiger partial charge in [0.25, 0.3) is 0 Å². The SMILES string of the molecule is CC1(C)[C@@H](O[Si](C)(C)C(C)(C)C)CC[C@]2(C)[C@@H](CC3OCCO3)C(=O)CC[C@@H]12. The third kappa shape index (κ3) is 3.89. The van der Waals surface area contributed by atoms with Crippen LogP contribution in [0.3, 0.4) is 0 Å². The van der Waals surface area contributed by atoms with Crippen molar-refractivity contribution >= 4 is 14.1 Å². The molecule has 0 unspecified atom stereocenters. The van der Waals surface area contributed by atoms with Crippen LogP contribution in [-0.4, -0.2) is 39.7 Å². The summed E-state index contributed by atoms with van der Waals surface area (Å²) in [5.74, 6) is 0.951. The Balaban J connectivity index is 1.82. The molecule has 2 saturated carbocycles. The Bertz CT molecular complexity index is 588. The molecule has 4 nitrogen and oxygen atoms in total. The Labute approximate surface area is 173 Å². The maximum absolute atomic E-state index is 13.0. The second kappa shape index (κ2) is 7.47. The molecule has 0 spiro atoms. The van der Waals surface area contributed by atoms with Crippen molar-refractivity contribution in [2.45, 2.75) is 104 Å². The predicted octanol–water partition coefficient (Wildman–Crippen LogP) is 5.56. The van der Waals surface area contributed by atoms with E-state index in [1.54, 1.807) is 0 Å². The van der Waals surface area contributed by atoms with Crippen LogP contribution < -0.4 is 0 Å². The Morgan fingerprint density at radius 3 is 2.29 bits per heavy atom. The Hall–Kier alpha value is -0.233. The first-order chi connectivity index (χ1) is 12.8. The van der Waals surface area contributed by atoms with Crippen molar-refractivity contribution in [3.63, 3.8) is 0 Å². The molecule has 0 aromatic heterocycles. The van der Waals surface area contributed by atoms with Crippen LogP contribution in [0.1, 0.15) is 73.6 Å². The van der Waals surface area contributed by atoms with Crippen molar-refractivity contribution < 1.29 is 18.7 Å². The maximum atomic E-state index is 13.0. The number of rotatable bonds is 4. The van der Waals surface area contributed by atoms with Crippen molar-refractivity contribution in [1.82, 2.24) is 0 Å². The first-order valence-corrected chi connectivity index (χ1v) is 14.1. The summed E-state index contributed by atoms with van der Waals surface area (Å²) in [6.45, 7) is 20.1. The average Bonchev–Trinajstić information content (AvgIpc) is 3.06. The lowest BCUT2D eigenvalue weighted by molar-refractivity contribution is -0.166. The lowest BCUT2D eigenvalue weighted by Crippen LogP contribution is -2.59. The average molecular weight is 411 g/mol. The van der Waals surface area contributed by atoms with E-state index in [9.17, 15) is 4.79 Å². The molecule has 0 radical (unpaired) electrons. The highest BCUT2D eigenvalue weighted by atomic mass is 28.4. The lowest BCUT2D eigenvalue weighted by atomic mass is 9.47. The minimum Gasteiger partial charge on any atom is -0.413 e. The summed E-state index contributed by atoms with van der Waals surface area (Å²) in [7, 11) is -1.83. The van der Waals surface area contributed by atoms with Gasteiger partial charge in [0, 0.05) is 18.8 Å². The lowest BCUT2D eigenvalue weighted by Gasteiger charge is -2.60. The van der Waals surface area contributed by atoms with Crippen LogP contribution in [0.15, 0.2) is 0 Å². The van der Waals surface area contributed by atoms with Crippen LogP contribution in [0.25, 0.3) is 0 Å². The van der Waals surface area contributed by atoms with Crippen LogP contribution in [0, 0.1) is 22.7 Å². The first kappa shape index (κ1) is 22.5. The Morgan fingerprint density at radius 1 is 1.11 bits per heavy atom. The summed E-state index contributed by atoms with van der Waals surface area (Å²) in [5, 5.41) is 0.214. The monoisotopic (exact) mass is 410 g/mol. The van der Waals surface area contributed by atoms with E-state index < -0.39 is 8.32 Å². The van der Waals surface area contributed by atoms with Crippen molar-refractivity contribution in [2.75, 3.05) is 13.2 Å². The molecular weight excluding hydrogens is 368 g/mol. The topological polar surface area (TPSA) is 44.8 Å². The van der Waals surface area contributed by atoms with E-state index in [1.165, 1.54) is 0 Å². The fraction of sp³-hybridized carbons (Fsp3) is 0.957. The van der Waals surface area contributed by atoms with Crippen molar-refractivity contribution in [2.24, 2.45) is 22.7 Å². The quantitative estimate of drug-likeness (QED) is 0.569. The number of carbonyl (C=O) groups is 1. The van der Waals surface area contributed by atoms with E-state index in [2.05, 4.69) is 54.6 Å². The summed E-state index contributed by atoms with van der Waals surface area (Å²) in [4.78, 5) is 13.0. The normalized spacial score (nSPS) is 37.1. The number of ketones is 1. The van der Waals surface area contributed by atoms with Gasteiger partial charge in [-0.25, -0.2) is 0 Å². The third-order valence-corrected chi connectivity index (χ3v) is 13.2. The van der Waals surface area contributed by atoms with E-state index in [4.69, 9.17) is 13.9 Å². The van der Waals surface area contributed by atoms with Gasteiger partial charge in [0.05, 0.1) is 19.3 Å². The zero-order chi connectivity index (χ0) is 21.0. The Morgan fingerprint density at radius 2 is 1.71 bits per heavy atom. The molecule has 0 N–H and O–H groups in total. The minimum absolute atomic E-state index is 0.0153. The van der Waals surface area contributed by atoms with Crippen LogP contribution >= 0.6 is 0 Å². The molecule has 1 saturated heterocycles. The van der Waals surface area contributed by atoms with Gasteiger partial charge in [-0.2, -0.15) is 0 Å². The van der Waals surface area contributed by atoms with Crippen molar-refractivity contribution in [3.05, 3.63) is 0 Å². The van der Waals surface area contributed by atoms with Gasteiger partial charge in [0.1, 0.15) is 5.78 Å². The van der Waals surface area contributed by atoms with Crippen LogP contribution in [0.5, 0.6) is 0 Å². The molecule has 1 aliphatic heterocycles. The van der Waals surface area contributed by atoms with E-state index >= 15 is 0 Å². The van der Waals surface area contributed by atoms with Gasteiger partial charge >= 0.3 is 0 Å². The summed E-state index contributed by atoms with van der Waals surface area (Å²) < 4.78 is 18.4. The number of ether oxygens (including phenoxy) is 2. The zero-order valence-corrected chi connectivity index (χ0v) is 20.4. The maximum Gasteiger partial charge on any atom is 0.192 e. The van der Waals surface area contributed by atoms with E-state index in [1.807, 2.05) is 0 Å². The highest BCUT2D eigenvalue weighted by Gasteiger charge is 2.59. The van der Waals surface area contributed by atoms with Gasteiger partial charge < -0.3 is 13.9 Å². The zero-order valence-electron chi connectivity index (χ0n) is 19.4. The molecule has 3 aliphatic rings. The molecule has 0 aromatic carbocycles. The summed E-state index contributed by atoms with van der Waals surface area (Å²) in [6.07, 6.45) is 4.58. The summed E-state index contributed by atoms with van der Waals surface area (Å²) in [6, 6.07) is 0. The number of Topliss-reactive ketones (excluding diaryl/α,β-unsaturated/α-hetero) is 1. The standard InChI is InChI=1S/C23H42O4Si/c1-21(2,3)28(7,8)27-19-11-12-23(6)16(15-20-25-13-14-26-20)17(24)9-10-18(23)22(19,4)5/h16,18-20H,9-15H2,1-8H3/t16-,18-,19-,23+/m0/s1. The summed E-state index contributed by atoms with van der Waals surface area (Å²) >= 11 is 0. The Kier molecular flexibility index (Phi) is 5.99. The largest absolute Gasteiger partial charge is 0.413 e. The molecule has 0 aromatic rings. The second-order valence-corrected chi connectivity index (χ2v) is 16.5.